The van der Waals surface area contributed by atoms with Crippen LogP contribution in [0.15, 0.2) is 0 Å². The third-order valence-corrected chi connectivity index (χ3v) is 3.16. The van der Waals surface area contributed by atoms with Crippen LogP contribution in [0, 0.1) is 0 Å². The highest BCUT2D eigenvalue weighted by Crippen LogP contribution is 2.53. The van der Waals surface area contributed by atoms with Crippen LogP contribution in [0.5, 0.6) is 0 Å². The van der Waals surface area contributed by atoms with Crippen LogP contribution in [-0.2, 0) is 0 Å². The quantitative estimate of drug-likeness (QED) is 0.450. The zero-order valence-electron chi connectivity index (χ0n) is 11.6. The van der Waals surface area contributed by atoms with E-state index in [0.717, 1.165) is 6.42 Å². The normalized spacial score (nSPS) is 14.6. The van der Waals surface area contributed by atoms with Crippen molar-refractivity contribution in [1.29, 1.82) is 0 Å². The van der Waals surface area contributed by atoms with Crippen molar-refractivity contribution in [3.8, 4) is 0 Å². The smallest absolute Gasteiger partial charge is 0.325 e. The summed E-state index contributed by atoms with van der Waals surface area (Å²) >= 11 is 0. The standard InChI is InChI=1S/C12H19F8N/c1-2-3-4-5-6-7-9(13,14)11(17,18)12(19,20)10(15,16)8-21/h2-8,21H2,1H3. The summed E-state index contributed by atoms with van der Waals surface area (Å²) in [5.74, 6) is -23.0. The molecule has 0 fully saturated rings. The van der Waals surface area contributed by atoms with Crippen molar-refractivity contribution in [2.24, 2.45) is 5.73 Å². The first kappa shape index (κ1) is 20.4. The van der Waals surface area contributed by atoms with E-state index in [1.165, 1.54) is 0 Å². The molecule has 0 saturated carbocycles. The average molecular weight is 329 g/mol. The Morgan fingerprint density at radius 1 is 0.667 bits per heavy atom. The molecular weight excluding hydrogens is 310 g/mol. The molecule has 1 nitrogen and oxygen atoms in total. The number of hydrogen-bond acceptors (Lipinski definition) is 1. The SMILES string of the molecule is CCCCCCCC(F)(F)C(F)(F)C(F)(F)C(F)(F)CN. The van der Waals surface area contributed by atoms with Crippen LogP contribution in [0.2, 0.25) is 0 Å². The van der Waals surface area contributed by atoms with Gasteiger partial charge in [-0.2, -0.15) is 35.1 Å². The molecule has 0 bridgehead atoms. The van der Waals surface area contributed by atoms with Gasteiger partial charge in [-0.05, 0) is 6.42 Å². The highest BCUT2D eigenvalue weighted by Gasteiger charge is 2.79. The largest absolute Gasteiger partial charge is 0.379 e. The molecule has 21 heavy (non-hydrogen) atoms. The fourth-order valence-corrected chi connectivity index (χ4v) is 1.70. The summed E-state index contributed by atoms with van der Waals surface area (Å²) in [6.07, 6.45) is 0.0371. The van der Waals surface area contributed by atoms with Crippen LogP contribution in [0.1, 0.15) is 45.4 Å². The second-order valence-electron chi connectivity index (χ2n) is 4.93. The van der Waals surface area contributed by atoms with Gasteiger partial charge in [-0.15, -0.1) is 0 Å². The molecule has 0 aromatic rings. The van der Waals surface area contributed by atoms with Crippen molar-refractivity contribution in [3.05, 3.63) is 0 Å². The third-order valence-electron chi connectivity index (χ3n) is 3.16. The van der Waals surface area contributed by atoms with Gasteiger partial charge in [0.25, 0.3) is 0 Å². The van der Waals surface area contributed by atoms with Gasteiger partial charge in [0.1, 0.15) is 0 Å². The van der Waals surface area contributed by atoms with E-state index < -0.39 is 43.1 Å². The van der Waals surface area contributed by atoms with Crippen LogP contribution in [-0.4, -0.2) is 30.2 Å². The Labute approximate surface area is 117 Å². The second-order valence-corrected chi connectivity index (χ2v) is 4.93. The predicted molar refractivity (Wildman–Crippen MR) is 62.2 cm³/mol. The first-order valence-corrected chi connectivity index (χ1v) is 6.58. The van der Waals surface area contributed by atoms with Crippen LogP contribution in [0.4, 0.5) is 35.1 Å². The zero-order chi connectivity index (χ0) is 16.9. The topological polar surface area (TPSA) is 26.0 Å². The summed E-state index contributed by atoms with van der Waals surface area (Å²) in [7, 11) is 0. The minimum absolute atomic E-state index is 0.137. The predicted octanol–water partition coefficient (Wildman–Crippen LogP) is 4.85. The van der Waals surface area contributed by atoms with Crippen molar-refractivity contribution >= 4 is 0 Å². The summed E-state index contributed by atoms with van der Waals surface area (Å²) < 4.78 is 105. The van der Waals surface area contributed by atoms with E-state index in [-0.39, 0.29) is 6.42 Å². The van der Waals surface area contributed by atoms with Gasteiger partial charge in [0, 0.05) is 6.42 Å². The maximum Gasteiger partial charge on any atom is 0.379 e. The van der Waals surface area contributed by atoms with Crippen molar-refractivity contribution in [2.75, 3.05) is 6.54 Å². The first-order chi connectivity index (χ1) is 9.37. The second kappa shape index (κ2) is 7.11. The lowest BCUT2D eigenvalue weighted by molar-refractivity contribution is -0.364. The van der Waals surface area contributed by atoms with Gasteiger partial charge >= 0.3 is 23.7 Å². The number of unbranched alkanes of at least 4 members (excludes halogenated alkanes) is 4. The number of alkyl halides is 8. The van der Waals surface area contributed by atoms with Gasteiger partial charge in [-0.3, -0.25) is 0 Å². The average Bonchev–Trinajstić information content (AvgIpc) is 2.37. The molecule has 0 amide bonds. The molecule has 0 atom stereocenters. The van der Waals surface area contributed by atoms with Gasteiger partial charge in [-0.1, -0.05) is 32.6 Å². The highest BCUT2D eigenvalue weighted by atomic mass is 19.4. The van der Waals surface area contributed by atoms with E-state index >= 15 is 0 Å². The molecule has 0 aromatic carbocycles. The number of halogens is 8. The lowest BCUT2D eigenvalue weighted by Crippen LogP contribution is -2.64. The molecule has 2 N–H and O–H groups in total. The molecule has 0 unspecified atom stereocenters. The molecule has 0 aliphatic heterocycles. The molecule has 0 saturated heterocycles. The van der Waals surface area contributed by atoms with Crippen LogP contribution in [0.25, 0.3) is 0 Å². The monoisotopic (exact) mass is 329 g/mol. The fourth-order valence-electron chi connectivity index (χ4n) is 1.70. The minimum Gasteiger partial charge on any atom is -0.325 e. The molecule has 0 radical (unpaired) electrons. The number of rotatable bonds is 10. The van der Waals surface area contributed by atoms with Gasteiger partial charge in [0.2, 0.25) is 0 Å². The third kappa shape index (κ3) is 4.20. The summed E-state index contributed by atoms with van der Waals surface area (Å²) in [6, 6.07) is 0. The summed E-state index contributed by atoms with van der Waals surface area (Å²) in [6.45, 7) is -0.319. The minimum atomic E-state index is -6.22. The van der Waals surface area contributed by atoms with Crippen molar-refractivity contribution in [3.63, 3.8) is 0 Å². The van der Waals surface area contributed by atoms with Gasteiger partial charge in [0.05, 0.1) is 6.54 Å². The van der Waals surface area contributed by atoms with E-state index in [2.05, 4.69) is 5.73 Å². The Bertz CT molecular complexity index is 316. The number of hydrogen-bond donors (Lipinski definition) is 1. The maximum absolute atomic E-state index is 13.3. The Hall–Kier alpha value is -0.600. The van der Waals surface area contributed by atoms with E-state index in [4.69, 9.17) is 0 Å². The molecule has 0 heterocycles. The summed E-state index contributed by atoms with van der Waals surface area (Å²) in [5, 5.41) is 0. The lowest BCUT2D eigenvalue weighted by Gasteiger charge is -2.36. The van der Waals surface area contributed by atoms with E-state index in [1.807, 2.05) is 6.92 Å². The van der Waals surface area contributed by atoms with Gasteiger partial charge in [-0.25, -0.2) is 0 Å². The Balaban J connectivity index is 4.93. The number of nitrogens with two attached hydrogens (primary N) is 1. The first-order valence-electron chi connectivity index (χ1n) is 6.58. The van der Waals surface area contributed by atoms with Crippen molar-refractivity contribution < 1.29 is 35.1 Å². The molecule has 0 rings (SSSR count). The van der Waals surface area contributed by atoms with E-state index in [1.54, 1.807) is 0 Å². The molecular formula is C12H19F8N. The van der Waals surface area contributed by atoms with Crippen LogP contribution >= 0.6 is 0 Å². The van der Waals surface area contributed by atoms with Crippen molar-refractivity contribution in [2.45, 2.75) is 69.1 Å². The molecule has 0 spiro atoms. The molecule has 128 valence electrons. The maximum atomic E-state index is 13.3. The molecule has 0 aliphatic rings. The Morgan fingerprint density at radius 2 is 1.10 bits per heavy atom. The van der Waals surface area contributed by atoms with Crippen molar-refractivity contribution in [1.82, 2.24) is 0 Å². The summed E-state index contributed by atoms with van der Waals surface area (Å²) in [5.41, 5.74) is 4.28. The van der Waals surface area contributed by atoms with Gasteiger partial charge < -0.3 is 5.73 Å². The van der Waals surface area contributed by atoms with Crippen LogP contribution < -0.4 is 5.73 Å². The lowest BCUT2D eigenvalue weighted by atomic mass is 9.94. The van der Waals surface area contributed by atoms with E-state index in [0.29, 0.717) is 12.8 Å². The molecule has 0 aliphatic carbocycles. The Morgan fingerprint density at radius 3 is 1.52 bits per heavy atom. The van der Waals surface area contributed by atoms with Crippen LogP contribution in [0.3, 0.4) is 0 Å². The molecule has 9 heteroatoms. The Kier molecular flexibility index (Phi) is 6.90. The fraction of sp³-hybridized carbons (Fsp3) is 1.00. The van der Waals surface area contributed by atoms with Gasteiger partial charge in [0.15, 0.2) is 0 Å². The molecule has 0 aromatic heterocycles. The summed E-state index contributed by atoms with van der Waals surface area (Å²) in [4.78, 5) is 0. The highest BCUT2D eigenvalue weighted by molar-refractivity contribution is 5.03. The zero-order valence-corrected chi connectivity index (χ0v) is 11.6. The van der Waals surface area contributed by atoms with E-state index in [9.17, 15) is 35.1 Å².